The third-order valence-corrected chi connectivity index (χ3v) is 4.09. The summed E-state index contributed by atoms with van der Waals surface area (Å²) in [6.07, 6.45) is -4.61. The van der Waals surface area contributed by atoms with E-state index in [-0.39, 0.29) is 16.7 Å². The van der Waals surface area contributed by atoms with Gasteiger partial charge < -0.3 is 0 Å². The molecule has 2 aromatic heterocycles. The minimum atomic E-state index is -4.61. The summed E-state index contributed by atoms with van der Waals surface area (Å²) in [6, 6.07) is 12.3. The number of halogens is 3. The molecule has 0 aliphatic heterocycles. The normalized spacial score (nSPS) is 12.2. The Kier molecular flexibility index (Phi) is 3.28. The van der Waals surface area contributed by atoms with Gasteiger partial charge in [-0.15, -0.1) is 5.10 Å². The maximum absolute atomic E-state index is 13.7. The molecule has 0 saturated carbocycles. The molecular weight excluding hydrogens is 329 g/mol. The van der Waals surface area contributed by atoms with Crippen LogP contribution in [0.25, 0.3) is 27.8 Å². The third kappa shape index (κ3) is 2.43. The van der Waals surface area contributed by atoms with Crippen molar-refractivity contribution in [1.29, 1.82) is 0 Å². The van der Waals surface area contributed by atoms with Gasteiger partial charge in [-0.2, -0.15) is 13.2 Å². The van der Waals surface area contributed by atoms with Gasteiger partial charge >= 0.3 is 6.18 Å². The monoisotopic (exact) mass is 342 g/mol. The summed E-state index contributed by atoms with van der Waals surface area (Å²) in [5.41, 5.74) is 2.00. The molecule has 0 saturated heterocycles. The lowest BCUT2D eigenvalue weighted by atomic mass is 10.1. The van der Waals surface area contributed by atoms with Gasteiger partial charge in [0, 0.05) is 5.56 Å². The van der Waals surface area contributed by atoms with E-state index < -0.39 is 11.9 Å². The molecule has 0 bridgehead atoms. The number of aromatic nitrogens is 4. The SMILES string of the molecule is Cc1cc(C)c2nc(C(F)(F)F)c3c(-c4ccccc4)nnn3c2c1. The van der Waals surface area contributed by atoms with Gasteiger partial charge in [-0.25, -0.2) is 9.50 Å². The average Bonchev–Trinajstić information content (AvgIpc) is 2.99. The first kappa shape index (κ1) is 15.6. The minimum Gasteiger partial charge on any atom is -0.239 e. The molecule has 0 radical (unpaired) electrons. The smallest absolute Gasteiger partial charge is 0.239 e. The molecule has 0 amide bonds. The average molecular weight is 342 g/mol. The Morgan fingerprint density at radius 1 is 1.00 bits per heavy atom. The van der Waals surface area contributed by atoms with Crippen LogP contribution in [0, 0.1) is 13.8 Å². The van der Waals surface area contributed by atoms with E-state index in [9.17, 15) is 13.2 Å². The standard InChI is InChI=1S/C18H13F3N4/c1-10-8-11(2)14-13(9-10)25-16(17(22-14)18(19,20)21)15(23-24-25)12-6-4-3-5-7-12/h3-9H,1-2H3. The first-order chi connectivity index (χ1) is 11.9. The highest BCUT2D eigenvalue weighted by Gasteiger charge is 2.38. The van der Waals surface area contributed by atoms with Crippen LogP contribution in [-0.2, 0) is 6.18 Å². The molecule has 2 aromatic carbocycles. The Bertz CT molecular complexity index is 1100. The van der Waals surface area contributed by atoms with Crippen LogP contribution in [-0.4, -0.2) is 19.8 Å². The van der Waals surface area contributed by atoms with Gasteiger partial charge in [-0.3, -0.25) is 0 Å². The number of hydrogen-bond acceptors (Lipinski definition) is 3. The van der Waals surface area contributed by atoms with E-state index in [0.717, 1.165) is 5.56 Å². The molecule has 7 heteroatoms. The van der Waals surface area contributed by atoms with Crippen molar-refractivity contribution < 1.29 is 13.2 Å². The van der Waals surface area contributed by atoms with Crippen molar-refractivity contribution in [2.75, 3.05) is 0 Å². The Morgan fingerprint density at radius 3 is 2.40 bits per heavy atom. The lowest BCUT2D eigenvalue weighted by molar-refractivity contribution is -0.139. The fraction of sp³-hybridized carbons (Fsp3) is 0.167. The van der Waals surface area contributed by atoms with Crippen LogP contribution in [0.1, 0.15) is 16.8 Å². The lowest BCUT2D eigenvalue weighted by Crippen LogP contribution is -2.12. The van der Waals surface area contributed by atoms with Crippen molar-refractivity contribution in [2.24, 2.45) is 0 Å². The number of benzene rings is 2. The van der Waals surface area contributed by atoms with Crippen LogP contribution in [0.5, 0.6) is 0 Å². The molecule has 0 unspecified atom stereocenters. The largest absolute Gasteiger partial charge is 0.435 e. The second-order valence-electron chi connectivity index (χ2n) is 5.97. The molecule has 4 aromatic rings. The molecule has 0 spiro atoms. The van der Waals surface area contributed by atoms with Crippen LogP contribution in [0.15, 0.2) is 42.5 Å². The van der Waals surface area contributed by atoms with Gasteiger partial charge in [-0.05, 0) is 31.0 Å². The van der Waals surface area contributed by atoms with Crippen molar-refractivity contribution >= 4 is 16.6 Å². The molecule has 4 nitrogen and oxygen atoms in total. The Morgan fingerprint density at radius 2 is 1.72 bits per heavy atom. The highest BCUT2D eigenvalue weighted by Crippen LogP contribution is 2.37. The topological polar surface area (TPSA) is 43.1 Å². The highest BCUT2D eigenvalue weighted by atomic mass is 19.4. The van der Waals surface area contributed by atoms with Crippen LogP contribution in [0.4, 0.5) is 13.2 Å². The van der Waals surface area contributed by atoms with E-state index in [1.807, 2.05) is 6.92 Å². The summed E-state index contributed by atoms with van der Waals surface area (Å²) >= 11 is 0. The summed E-state index contributed by atoms with van der Waals surface area (Å²) in [4.78, 5) is 3.95. The number of nitrogens with zero attached hydrogens (tertiary/aromatic N) is 4. The van der Waals surface area contributed by atoms with Gasteiger partial charge in [0.25, 0.3) is 0 Å². The van der Waals surface area contributed by atoms with Crippen molar-refractivity contribution in [3.05, 3.63) is 59.3 Å². The van der Waals surface area contributed by atoms with E-state index in [1.165, 1.54) is 4.52 Å². The maximum Gasteiger partial charge on any atom is 0.435 e. The van der Waals surface area contributed by atoms with Crippen molar-refractivity contribution in [3.8, 4) is 11.3 Å². The Hall–Kier alpha value is -2.96. The molecule has 2 heterocycles. The summed E-state index contributed by atoms with van der Waals surface area (Å²) in [6.45, 7) is 3.62. The third-order valence-electron chi connectivity index (χ3n) is 4.09. The van der Waals surface area contributed by atoms with Gasteiger partial charge in [0.2, 0.25) is 0 Å². The molecule has 0 aliphatic rings. The number of aryl methyl sites for hydroxylation is 2. The molecule has 0 N–H and O–H groups in total. The van der Waals surface area contributed by atoms with Crippen LogP contribution < -0.4 is 0 Å². The zero-order chi connectivity index (χ0) is 17.8. The van der Waals surface area contributed by atoms with Crippen LogP contribution in [0.2, 0.25) is 0 Å². The summed E-state index contributed by atoms with van der Waals surface area (Å²) in [7, 11) is 0. The van der Waals surface area contributed by atoms with Gasteiger partial charge in [0.05, 0.1) is 11.0 Å². The molecule has 0 atom stereocenters. The van der Waals surface area contributed by atoms with E-state index >= 15 is 0 Å². The number of rotatable bonds is 1. The van der Waals surface area contributed by atoms with Gasteiger partial charge in [0.1, 0.15) is 11.2 Å². The number of hydrogen-bond donors (Lipinski definition) is 0. The zero-order valence-corrected chi connectivity index (χ0v) is 13.5. The first-order valence-corrected chi connectivity index (χ1v) is 7.65. The molecule has 126 valence electrons. The summed E-state index contributed by atoms with van der Waals surface area (Å²) in [5, 5.41) is 8.03. The summed E-state index contributed by atoms with van der Waals surface area (Å²) in [5.74, 6) is 0. The first-order valence-electron chi connectivity index (χ1n) is 7.65. The quantitative estimate of drug-likeness (QED) is 0.508. The second kappa shape index (κ2) is 5.27. The molecular formula is C18H13F3N4. The fourth-order valence-electron chi connectivity index (χ4n) is 3.06. The summed E-state index contributed by atoms with van der Waals surface area (Å²) < 4.78 is 42.3. The van der Waals surface area contributed by atoms with Crippen LogP contribution >= 0.6 is 0 Å². The van der Waals surface area contributed by atoms with E-state index in [1.54, 1.807) is 49.4 Å². The molecule has 25 heavy (non-hydrogen) atoms. The zero-order valence-electron chi connectivity index (χ0n) is 13.5. The van der Waals surface area contributed by atoms with E-state index in [4.69, 9.17) is 0 Å². The van der Waals surface area contributed by atoms with Crippen molar-refractivity contribution in [1.82, 2.24) is 19.8 Å². The fourth-order valence-corrected chi connectivity index (χ4v) is 3.06. The van der Waals surface area contributed by atoms with Crippen molar-refractivity contribution in [2.45, 2.75) is 20.0 Å². The number of alkyl halides is 3. The minimum absolute atomic E-state index is 0.129. The van der Waals surface area contributed by atoms with E-state index in [2.05, 4.69) is 15.3 Å². The Balaban J connectivity index is 2.20. The van der Waals surface area contributed by atoms with E-state index in [0.29, 0.717) is 16.6 Å². The van der Waals surface area contributed by atoms with Gasteiger partial charge in [0.15, 0.2) is 5.69 Å². The predicted octanol–water partition coefficient (Wildman–Crippen LogP) is 4.58. The van der Waals surface area contributed by atoms with Crippen molar-refractivity contribution in [3.63, 3.8) is 0 Å². The molecule has 0 aliphatic carbocycles. The molecule has 0 fully saturated rings. The predicted molar refractivity (Wildman–Crippen MR) is 88.2 cm³/mol. The maximum atomic E-state index is 13.7. The van der Waals surface area contributed by atoms with Gasteiger partial charge in [-0.1, -0.05) is 41.6 Å². The number of fused-ring (bicyclic) bond motifs is 3. The Labute approximate surface area is 140 Å². The highest BCUT2D eigenvalue weighted by molar-refractivity contribution is 5.88. The lowest BCUT2D eigenvalue weighted by Gasteiger charge is -2.12. The molecule has 4 rings (SSSR count). The van der Waals surface area contributed by atoms with Crippen LogP contribution in [0.3, 0.4) is 0 Å². The second-order valence-corrected chi connectivity index (χ2v) is 5.97.